The summed E-state index contributed by atoms with van der Waals surface area (Å²) in [7, 11) is 0. The number of nitrogens with zero attached hydrogens (tertiary/aromatic N) is 9. The SMILES string of the molecule is Cc1ccnc(NC(=O)c2cnc3cc(C4OCC4(C)COc4cccc(NC(=O)c5cnc6ccc(-c7ccccc7OC(F)(F)F)nn56)n4)c(-c4ccccc4OC(F)(F)F)nn23)n1. The summed E-state index contributed by atoms with van der Waals surface area (Å²) in [4.78, 5) is 48.2. The number of hydrogen-bond acceptors (Lipinski definition) is 13. The van der Waals surface area contributed by atoms with Crippen molar-refractivity contribution in [3.63, 3.8) is 0 Å². The van der Waals surface area contributed by atoms with Crippen LogP contribution in [0.4, 0.5) is 38.1 Å². The molecule has 1 aliphatic rings. The Hall–Kier alpha value is -8.21. The number of fused-ring (bicyclic) bond motifs is 2. The van der Waals surface area contributed by atoms with Crippen molar-refractivity contribution < 1.29 is 54.9 Å². The second kappa shape index (κ2) is 16.7. The summed E-state index contributed by atoms with van der Waals surface area (Å²) in [6.45, 7) is 3.62. The van der Waals surface area contributed by atoms with Gasteiger partial charge in [0.05, 0.1) is 36.2 Å². The number of nitrogens with one attached hydrogen (secondary N) is 2. The summed E-state index contributed by atoms with van der Waals surface area (Å²) in [6.07, 6.45) is -6.90. The number of amides is 2. The number of aromatic nitrogens is 9. The van der Waals surface area contributed by atoms with Gasteiger partial charge in [0.1, 0.15) is 29.6 Å². The molecule has 1 saturated heterocycles. The predicted molar refractivity (Wildman–Crippen MR) is 219 cm³/mol. The molecule has 2 N–H and O–H groups in total. The molecule has 17 nitrogen and oxygen atoms in total. The number of benzene rings is 2. The number of pyridine rings is 1. The van der Waals surface area contributed by atoms with Crippen LogP contribution in [0.25, 0.3) is 33.8 Å². The zero-order valence-corrected chi connectivity index (χ0v) is 34.1. The van der Waals surface area contributed by atoms with Gasteiger partial charge in [-0.2, -0.15) is 15.2 Å². The summed E-state index contributed by atoms with van der Waals surface area (Å²) < 4.78 is 104. The minimum Gasteiger partial charge on any atom is -0.477 e. The predicted octanol–water partition coefficient (Wildman–Crippen LogP) is 8.06. The highest BCUT2D eigenvalue weighted by Gasteiger charge is 2.48. The molecule has 0 saturated carbocycles. The molecular formula is C43H31F6N11O6. The number of carbonyl (C=O) groups is 2. The van der Waals surface area contributed by atoms with Crippen LogP contribution in [0, 0.1) is 12.3 Å². The van der Waals surface area contributed by atoms with Crippen molar-refractivity contribution in [3.05, 3.63) is 132 Å². The van der Waals surface area contributed by atoms with E-state index < -0.39 is 47.6 Å². The first-order valence-electron chi connectivity index (χ1n) is 19.6. The highest BCUT2D eigenvalue weighted by molar-refractivity contribution is 6.03. The van der Waals surface area contributed by atoms with Gasteiger partial charge in [-0.3, -0.25) is 14.9 Å². The van der Waals surface area contributed by atoms with Gasteiger partial charge in [0.2, 0.25) is 11.8 Å². The van der Waals surface area contributed by atoms with Crippen molar-refractivity contribution in [2.75, 3.05) is 23.8 Å². The average Bonchev–Trinajstić information content (AvgIpc) is 3.89. The van der Waals surface area contributed by atoms with Gasteiger partial charge in [0.15, 0.2) is 22.7 Å². The number of anilines is 2. The quantitative estimate of drug-likeness (QED) is 0.112. The van der Waals surface area contributed by atoms with Gasteiger partial charge < -0.3 is 24.3 Å². The topological polar surface area (TPSA) is 194 Å². The number of carbonyl (C=O) groups excluding carboxylic acids is 2. The van der Waals surface area contributed by atoms with E-state index in [9.17, 15) is 35.9 Å². The lowest BCUT2D eigenvalue weighted by atomic mass is 9.76. The number of aryl methyl sites for hydroxylation is 1. The van der Waals surface area contributed by atoms with Crippen LogP contribution in [0.1, 0.15) is 45.3 Å². The minimum absolute atomic E-state index is 0.00665. The van der Waals surface area contributed by atoms with E-state index in [4.69, 9.17) is 9.47 Å². The van der Waals surface area contributed by atoms with Crippen molar-refractivity contribution in [1.29, 1.82) is 0 Å². The maximum absolute atomic E-state index is 13.7. The Kier molecular flexibility index (Phi) is 10.9. The monoisotopic (exact) mass is 911 g/mol. The first kappa shape index (κ1) is 43.1. The molecule has 0 aliphatic carbocycles. The molecule has 2 aromatic carbocycles. The molecular weight excluding hydrogens is 881 g/mol. The van der Waals surface area contributed by atoms with E-state index >= 15 is 0 Å². The van der Waals surface area contributed by atoms with Crippen LogP contribution >= 0.6 is 0 Å². The smallest absolute Gasteiger partial charge is 0.477 e. The molecule has 1 aliphatic heterocycles. The Morgan fingerprint density at radius 2 is 1.41 bits per heavy atom. The number of imidazole rings is 2. The molecule has 0 bridgehead atoms. The lowest BCUT2D eigenvalue weighted by molar-refractivity contribution is -0.275. The second-order valence-electron chi connectivity index (χ2n) is 15.0. The van der Waals surface area contributed by atoms with Crippen LogP contribution in [0.2, 0.25) is 0 Å². The van der Waals surface area contributed by atoms with E-state index in [2.05, 4.69) is 55.2 Å². The number of alkyl halides is 6. The highest BCUT2D eigenvalue weighted by atomic mass is 19.4. The summed E-state index contributed by atoms with van der Waals surface area (Å²) in [5.41, 5.74) is 0.343. The number of ether oxygens (including phenoxy) is 4. The Morgan fingerprint density at radius 1 is 0.758 bits per heavy atom. The van der Waals surface area contributed by atoms with Gasteiger partial charge in [0, 0.05) is 34.6 Å². The van der Waals surface area contributed by atoms with E-state index in [1.807, 2.05) is 6.92 Å². The Balaban J connectivity index is 0.965. The van der Waals surface area contributed by atoms with Gasteiger partial charge in [-0.05, 0) is 61.5 Å². The summed E-state index contributed by atoms with van der Waals surface area (Å²) in [6, 6.07) is 21.6. The van der Waals surface area contributed by atoms with Gasteiger partial charge in [-0.25, -0.2) is 29.0 Å². The second-order valence-corrected chi connectivity index (χ2v) is 15.0. The number of halogens is 6. The molecule has 8 aromatic rings. The molecule has 7 heterocycles. The lowest BCUT2D eigenvalue weighted by Crippen LogP contribution is -2.47. The van der Waals surface area contributed by atoms with Crippen LogP contribution in [-0.2, 0) is 4.74 Å². The fourth-order valence-electron chi connectivity index (χ4n) is 7.12. The van der Waals surface area contributed by atoms with Crippen LogP contribution in [0.15, 0.2) is 110 Å². The number of hydrogen-bond donors (Lipinski definition) is 2. The van der Waals surface area contributed by atoms with Crippen molar-refractivity contribution >= 4 is 34.9 Å². The molecule has 2 amide bonds. The third-order valence-electron chi connectivity index (χ3n) is 10.1. The van der Waals surface area contributed by atoms with Crippen molar-refractivity contribution in [2.45, 2.75) is 32.7 Å². The van der Waals surface area contributed by atoms with E-state index in [-0.39, 0.29) is 76.1 Å². The number of para-hydroxylation sites is 2. The first-order chi connectivity index (χ1) is 31.5. The summed E-state index contributed by atoms with van der Waals surface area (Å²) in [5, 5.41) is 14.3. The lowest BCUT2D eigenvalue weighted by Gasteiger charge is -2.46. The molecule has 23 heteroatoms. The highest BCUT2D eigenvalue weighted by Crippen LogP contribution is 2.50. The van der Waals surface area contributed by atoms with Gasteiger partial charge in [-0.1, -0.05) is 37.3 Å². The van der Waals surface area contributed by atoms with Crippen molar-refractivity contribution in [3.8, 4) is 39.9 Å². The molecule has 1 fully saturated rings. The molecule has 66 heavy (non-hydrogen) atoms. The average molecular weight is 912 g/mol. The Bertz CT molecular complexity index is 3160. The number of rotatable bonds is 12. The Labute approximate surface area is 367 Å². The molecule has 9 rings (SSSR count). The van der Waals surface area contributed by atoms with E-state index in [1.54, 1.807) is 31.2 Å². The normalized spacial score (nSPS) is 16.2. The van der Waals surface area contributed by atoms with Crippen LogP contribution in [0.5, 0.6) is 17.4 Å². The van der Waals surface area contributed by atoms with Crippen molar-refractivity contribution in [1.82, 2.24) is 44.1 Å². The third kappa shape index (κ3) is 8.95. The van der Waals surface area contributed by atoms with Crippen molar-refractivity contribution in [2.24, 2.45) is 5.41 Å². The summed E-state index contributed by atoms with van der Waals surface area (Å²) >= 11 is 0. The third-order valence-corrected chi connectivity index (χ3v) is 10.1. The molecule has 336 valence electrons. The Morgan fingerprint density at radius 3 is 2.09 bits per heavy atom. The largest absolute Gasteiger partial charge is 0.573 e. The first-order valence-corrected chi connectivity index (χ1v) is 19.6. The maximum Gasteiger partial charge on any atom is 0.573 e. The van der Waals surface area contributed by atoms with Gasteiger partial charge >= 0.3 is 12.7 Å². The maximum atomic E-state index is 13.7. The summed E-state index contributed by atoms with van der Waals surface area (Å²) in [5.74, 6) is -2.28. The minimum atomic E-state index is -5.05. The van der Waals surface area contributed by atoms with E-state index in [0.717, 1.165) is 12.1 Å². The zero-order chi connectivity index (χ0) is 46.4. The van der Waals surface area contributed by atoms with Crippen LogP contribution < -0.4 is 24.8 Å². The van der Waals surface area contributed by atoms with Crippen LogP contribution in [0.3, 0.4) is 0 Å². The van der Waals surface area contributed by atoms with E-state index in [0.29, 0.717) is 11.3 Å². The van der Waals surface area contributed by atoms with Crippen LogP contribution in [-0.4, -0.2) is 81.9 Å². The molecule has 0 spiro atoms. The molecule has 0 radical (unpaired) electrons. The van der Waals surface area contributed by atoms with Gasteiger partial charge in [-0.15, -0.1) is 26.3 Å². The van der Waals surface area contributed by atoms with Gasteiger partial charge in [0.25, 0.3) is 11.8 Å². The molecule has 2 unspecified atom stereocenters. The molecule has 2 atom stereocenters. The van der Waals surface area contributed by atoms with E-state index in [1.165, 1.54) is 82.2 Å². The standard InChI is InChI=1S/C43H31F6N11O6/c1-23-16-17-50-40(53-23)56-39(62)29-20-52-34-18-26(36(58-60(29)34)25-9-4-6-11-31(25)66-43(47,48)49)37-41(2,22-64-37)21-63-35-13-7-12-32(54-35)55-38(61)28-19-51-33-15-14-27(57-59(28)33)24-8-3-5-10-30(24)65-42(44,45)46/h3-20,37H,21-22H2,1-2H3,(H,54,55,61)(H,50,53,56,62). The fraction of sp³-hybridized carbons (Fsp3) is 0.186. The molecule has 6 aromatic heterocycles. The zero-order valence-electron chi connectivity index (χ0n) is 34.1. The fourth-order valence-corrected chi connectivity index (χ4v) is 7.12.